The zero-order valence-corrected chi connectivity index (χ0v) is 8.41. The Kier molecular flexibility index (Phi) is 2.00. The largest absolute Gasteiger partial charge is 0.478 e. The molecule has 1 aromatic carbocycles. The number of aryl methyl sites for hydroxylation is 1. The minimum atomic E-state index is -1.02. The van der Waals surface area contributed by atoms with E-state index in [-0.39, 0.29) is 5.56 Å². The van der Waals surface area contributed by atoms with Crippen LogP contribution in [0.2, 0.25) is 0 Å². The first kappa shape index (κ1) is 9.71. The van der Waals surface area contributed by atoms with E-state index in [0.717, 1.165) is 0 Å². The zero-order valence-electron chi connectivity index (χ0n) is 8.41. The topological polar surface area (TPSA) is 42.2 Å². The van der Waals surface area contributed by atoms with Gasteiger partial charge in [0.15, 0.2) is 0 Å². The van der Waals surface area contributed by atoms with Crippen molar-refractivity contribution in [1.29, 1.82) is 0 Å². The number of para-hydroxylation sites is 1. The van der Waals surface area contributed by atoms with Gasteiger partial charge in [-0.25, -0.2) is 9.18 Å². The van der Waals surface area contributed by atoms with Gasteiger partial charge in [-0.05, 0) is 13.0 Å². The van der Waals surface area contributed by atoms with Gasteiger partial charge in [-0.1, -0.05) is 12.1 Å². The van der Waals surface area contributed by atoms with Gasteiger partial charge in [0.05, 0.1) is 11.1 Å². The van der Waals surface area contributed by atoms with Gasteiger partial charge < -0.3 is 9.67 Å². The fourth-order valence-corrected chi connectivity index (χ4v) is 1.86. The van der Waals surface area contributed by atoms with E-state index >= 15 is 0 Å². The van der Waals surface area contributed by atoms with Crippen molar-refractivity contribution in [1.82, 2.24) is 4.57 Å². The van der Waals surface area contributed by atoms with Crippen LogP contribution in [0.4, 0.5) is 4.39 Å². The van der Waals surface area contributed by atoms with Crippen LogP contribution >= 0.6 is 0 Å². The van der Waals surface area contributed by atoms with E-state index in [0.29, 0.717) is 16.6 Å². The number of aromatic nitrogens is 1. The SMILES string of the molecule is Cc1c(C(=O)O)c2cccc(F)c2n1C. The maximum absolute atomic E-state index is 13.5. The van der Waals surface area contributed by atoms with Crippen LogP contribution in [0, 0.1) is 12.7 Å². The second-order valence-corrected chi connectivity index (χ2v) is 3.46. The van der Waals surface area contributed by atoms with Gasteiger partial charge in [-0.3, -0.25) is 0 Å². The van der Waals surface area contributed by atoms with Crippen molar-refractivity contribution in [3.8, 4) is 0 Å². The van der Waals surface area contributed by atoms with E-state index in [9.17, 15) is 9.18 Å². The number of aromatic carboxylic acids is 1. The minimum Gasteiger partial charge on any atom is -0.478 e. The number of fused-ring (bicyclic) bond motifs is 1. The third kappa shape index (κ3) is 1.21. The first-order valence-electron chi connectivity index (χ1n) is 4.51. The summed E-state index contributed by atoms with van der Waals surface area (Å²) in [6.45, 7) is 1.67. The summed E-state index contributed by atoms with van der Waals surface area (Å²) in [4.78, 5) is 11.0. The third-order valence-electron chi connectivity index (χ3n) is 2.67. The lowest BCUT2D eigenvalue weighted by molar-refractivity contribution is 0.0698. The summed E-state index contributed by atoms with van der Waals surface area (Å²) in [6, 6.07) is 4.46. The standard InChI is InChI=1S/C11H10FNO2/c1-6-9(11(14)15)7-4-3-5-8(12)10(7)13(6)2/h3-5H,1-2H3,(H,14,15). The Balaban J connectivity index is 3.00. The average molecular weight is 207 g/mol. The normalized spacial score (nSPS) is 10.9. The lowest BCUT2D eigenvalue weighted by atomic mass is 10.1. The predicted octanol–water partition coefficient (Wildman–Crippen LogP) is 2.32. The van der Waals surface area contributed by atoms with Crippen LogP contribution in [0.25, 0.3) is 10.9 Å². The molecule has 1 aromatic heterocycles. The van der Waals surface area contributed by atoms with E-state index in [1.54, 1.807) is 24.6 Å². The molecule has 4 heteroatoms. The Hall–Kier alpha value is -1.84. The lowest BCUT2D eigenvalue weighted by Crippen LogP contribution is -1.99. The molecule has 78 valence electrons. The van der Waals surface area contributed by atoms with Crippen LogP contribution < -0.4 is 0 Å². The fourth-order valence-electron chi connectivity index (χ4n) is 1.86. The number of hydrogen-bond donors (Lipinski definition) is 1. The van der Waals surface area contributed by atoms with Crippen LogP contribution in [0.3, 0.4) is 0 Å². The van der Waals surface area contributed by atoms with Crippen LogP contribution in [-0.4, -0.2) is 15.6 Å². The van der Waals surface area contributed by atoms with Crippen molar-refractivity contribution in [2.75, 3.05) is 0 Å². The highest BCUT2D eigenvalue weighted by atomic mass is 19.1. The summed E-state index contributed by atoms with van der Waals surface area (Å²) >= 11 is 0. The molecule has 3 nitrogen and oxygen atoms in total. The fraction of sp³-hybridized carbons (Fsp3) is 0.182. The first-order chi connectivity index (χ1) is 7.04. The summed E-state index contributed by atoms with van der Waals surface area (Å²) in [6.07, 6.45) is 0. The van der Waals surface area contributed by atoms with Crippen molar-refractivity contribution >= 4 is 16.9 Å². The second-order valence-electron chi connectivity index (χ2n) is 3.46. The molecule has 0 unspecified atom stereocenters. The molecule has 0 saturated carbocycles. The smallest absolute Gasteiger partial charge is 0.338 e. The quantitative estimate of drug-likeness (QED) is 0.779. The first-order valence-corrected chi connectivity index (χ1v) is 4.51. The van der Waals surface area contributed by atoms with Crippen molar-refractivity contribution in [3.63, 3.8) is 0 Å². The molecule has 2 aromatic rings. The molecular formula is C11H10FNO2. The molecule has 0 radical (unpaired) electrons. The van der Waals surface area contributed by atoms with Crippen molar-refractivity contribution in [2.45, 2.75) is 6.92 Å². The maximum Gasteiger partial charge on any atom is 0.338 e. The van der Waals surface area contributed by atoms with Crippen LogP contribution in [0.5, 0.6) is 0 Å². The molecular weight excluding hydrogens is 197 g/mol. The Morgan fingerprint density at radius 1 is 1.47 bits per heavy atom. The Bertz CT molecular complexity index is 557. The average Bonchev–Trinajstić information content (AvgIpc) is 2.41. The molecule has 0 aliphatic carbocycles. The Labute approximate surface area is 85.7 Å². The molecule has 1 N–H and O–H groups in total. The highest BCUT2D eigenvalue weighted by Gasteiger charge is 2.19. The molecule has 0 bridgehead atoms. The molecule has 0 saturated heterocycles. The van der Waals surface area contributed by atoms with Gasteiger partial charge in [-0.15, -0.1) is 0 Å². The van der Waals surface area contributed by atoms with Gasteiger partial charge in [0.25, 0.3) is 0 Å². The molecule has 2 rings (SSSR count). The summed E-state index contributed by atoms with van der Waals surface area (Å²) in [5.74, 6) is -1.42. The second kappa shape index (κ2) is 3.08. The number of nitrogens with zero attached hydrogens (tertiary/aromatic N) is 1. The molecule has 0 spiro atoms. The molecule has 0 aliphatic heterocycles. The number of carbonyl (C=O) groups is 1. The zero-order chi connectivity index (χ0) is 11.2. The summed E-state index contributed by atoms with van der Waals surface area (Å²) in [5.41, 5.74) is 1.07. The van der Waals surface area contributed by atoms with Gasteiger partial charge in [-0.2, -0.15) is 0 Å². The monoisotopic (exact) mass is 207 g/mol. The number of benzene rings is 1. The molecule has 0 aliphatic rings. The van der Waals surface area contributed by atoms with Crippen molar-refractivity contribution < 1.29 is 14.3 Å². The third-order valence-corrected chi connectivity index (χ3v) is 2.67. The number of carboxylic acid groups (broad SMARTS) is 1. The predicted molar refractivity (Wildman–Crippen MR) is 54.6 cm³/mol. The van der Waals surface area contributed by atoms with Gasteiger partial charge in [0.1, 0.15) is 5.82 Å². The van der Waals surface area contributed by atoms with Crippen molar-refractivity contribution in [2.24, 2.45) is 7.05 Å². The van der Waals surface area contributed by atoms with E-state index in [1.165, 1.54) is 12.1 Å². The molecule has 0 amide bonds. The van der Waals surface area contributed by atoms with Crippen molar-refractivity contribution in [3.05, 3.63) is 35.3 Å². The maximum atomic E-state index is 13.5. The van der Waals surface area contributed by atoms with E-state index in [1.807, 2.05) is 0 Å². The van der Waals surface area contributed by atoms with Crippen LogP contribution in [0.1, 0.15) is 16.1 Å². The molecule has 15 heavy (non-hydrogen) atoms. The molecule has 0 atom stereocenters. The number of hydrogen-bond acceptors (Lipinski definition) is 1. The summed E-state index contributed by atoms with van der Waals surface area (Å²) in [7, 11) is 1.66. The van der Waals surface area contributed by atoms with Gasteiger partial charge in [0.2, 0.25) is 0 Å². The van der Waals surface area contributed by atoms with E-state index < -0.39 is 11.8 Å². The summed E-state index contributed by atoms with van der Waals surface area (Å²) in [5, 5.41) is 9.48. The van der Waals surface area contributed by atoms with E-state index in [4.69, 9.17) is 5.11 Å². The summed E-state index contributed by atoms with van der Waals surface area (Å²) < 4.78 is 15.1. The lowest BCUT2D eigenvalue weighted by Gasteiger charge is -1.98. The van der Waals surface area contributed by atoms with Crippen LogP contribution in [-0.2, 0) is 7.05 Å². The highest BCUT2D eigenvalue weighted by molar-refractivity contribution is 6.05. The van der Waals surface area contributed by atoms with Gasteiger partial charge >= 0.3 is 5.97 Å². The Morgan fingerprint density at radius 2 is 2.13 bits per heavy atom. The molecule has 1 heterocycles. The number of halogens is 1. The minimum absolute atomic E-state index is 0.173. The van der Waals surface area contributed by atoms with Gasteiger partial charge in [0, 0.05) is 18.1 Å². The highest BCUT2D eigenvalue weighted by Crippen LogP contribution is 2.26. The molecule has 0 fully saturated rings. The number of rotatable bonds is 1. The number of carboxylic acids is 1. The van der Waals surface area contributed by atoms with Crippen LogP contribution in [0.15, 0.2) is 18.2 Å². The van der Waals surface area contributed by atoms with E-state index in [2.05, 4.69) is 0 Å². The Morgan fingerprint density at radius 3 is 2.73 bits per heavy atom.